The van der Waals surface area contributed by atoms with E-state index < -0.39 is 0 Å². The number of hydrogen-bond acceptors (Lipinski definition) is 2. The normalized spacial score (nSPS) is 20.6. The van der Waals surface area contributed by atoms with Crippen molar-refractivity contribution in [3.05, 3.63) is 29.1 Å². The standard InChI is InChI=1S/C12H16FNO/c1-8-3-4-10(13)11(12(8)15-2)9-5-6-14-7-9/h3-4,9,14H,5-7H2,1-2H3. The van der Waals surface area contributed by atoms with Gasteiger partial charge in [0.05, 0.1) is 7.11 Å². The highest BCUT2D eigenvalue weighted by molar-refractivity contribution is 5.44. The van der Waals surface area contributed by atoms with Crippen LogP contribution in [0.1, 0.15) is 23.5 Å². The van der Waals surface area contributed by atoms with E-state index in [1.165, 1.54) is 6.07 Å². The van der Waals surface area contributed by atoms with Gasteiger partial charge in [-0.1, -0.05) is 6.07 Å². The Kier molecular flexibility index (Phi) is 2.91. The zero-order valence-corrected chi connectivity index (χ0v) is 9.14. The summed E-state index contributed by atoms with van der Waals surface area (Å²) in [5.41, 5.74) is 1.74. The minimum Gasteiger partial charge on any atom is -0.496 e. The van der Waals surface area contributed by atoms with Crippen LogP contribution in [0, 0.1) is 12.7 Å². The average molecular weight is 209 g/mol. The van der Waals surface area contributed by atoms with Crippen molar-refractivity contribution in [2.24, 2.45) is 0 Å². The molecule has 0 aliphatic carbocycles. The van der Waals surface area contributed by atoms with E-state index in [-0.39, 0.29) is 11.7 Å². The first-order chi connectivity index (χ1) is 7.24. The van der Waals surface area contributed by atoms with Crippen LogP contribution in [0.3, 0.4) is 0 Å². The van der Waals surface area contributed by atoms with Crippen molar-refractivity contribution in [1.29, 1.82) is 0 Å². The van der Waals surface area contributed by atoms with Gasteiger partial charge in [-0.15, -0.1) is 0 Å². The third kappa shape index (κ3) is 1.84. The second-order valence-electron chi connectivity index (χ2n) is 4.00. The Labute approximate surface area is 89.4 Å². The van der Waals surface area contributed by atoms with Crippen molar-refractivity contribution in [2.45, 2.75) is 19.3 Å². The summed E-state index contributed by atoms with van der Waals surface area (Å²) in [4.78, 5) is 0. The molecule has 2 rings (SSSR count). The molecule has 1 saturated heterocycles. The SMILES string of the molecule is COc1c(C)ccc(F)c1C1CCNC1. The van der Waals surface area contributed by atoms with Crippen molar-refractivity contribution in [2.75, 3.05) is 20.2 Å². The van der Waals surface area contributed by atoms with Gasteiger partial charge in [0.2, 0.25) is 0 Å². The number of rotatable bonds is 2. The molecule has 1 aliphatic heterocycles. The number of methoxy groups -OCH3 is 1. The van der Waals surface area contributed by atoms with Gasteiger partial charge >= 0.3 is 0 Å². The van der Waals surface area contributed by atoms with Gasteiger partial charge in [-0.3, -0.25) is 0 Å². The second-order valence-corrected chi connectivity index (χ2v) is 4.00. The predicted octanol–water partition coefficient (Wildman–Crippen LogP) is 2.22. The topological polar surface area (TPSA) is 21.3 Å². The monoisotopic (exact) mass is 209 g/mol. The lowest BCUT2D eigenvalue weighted by Crippen LogP contribution is -2.10. The zero-order valence-electron chi connectivity index (χ0n) is 9.14. The Morgan fingerprint density at radius 3 is 2.87 bits per heavy atom. The molecular weight excluding hydrogens is 193 g/mol. The largest absolute Gasteiger partial charge is 0.496 e. The van der Waals surface area contributed by atoms with Crippen molar-refractivity contribution in [3.8, 4) is 5.75 Å². The van der Waals surface area contributed by atoms with Crippen LogP contribution in [0.2, 0.25) is 0 Å². The molecule has 0 spiro atoms. The maximum atomic E-state index is 13.8. The van der Waals surface area contributed by atoms with Crippen LogP contribution in [0.15, 0.2) is 12.1 Å². The molecule has 1 aliphatic rings. The number of benzene rings is 1. The van der Waals surface area contributed by atoms with Crippen LogP contribution in [0.5, 0.6) is 5.75 Å². The summed E-state index contributed by atoms with van der Waals surface area (Å²) < 4.78 is 19.1. The molecule has 15 heavy (non-hydrogen) atoms. The fourth-order valence-electron chi connectivity index (χ4n) is 2.24. The lowest BCUT2D eigenvalue weighted by atomic mass is 9.95. The van der Waals surface area contributed by atoms with Gasteiger partial charge in [0.25, 0.3) is 0 Å². The van der Waals surface area contributed by atoms with Crippen LogP contribution < -0.4 is 10.1 Å². The summed E-state index contributed by atoms with van der Waals surface area (Å²) in [7, 11) is 1.60. The first-order valence-corrected chi connectivity index (χ1v) is 5.27. The highest BCUT2D eigenvalue weighted by atomic mass is 19.1. The number of nitrogens with one attached hydrogen (secondary N) is 1. The maximum Gasteiger partial charge on any atom is 0.130 e. The Morgan fingerprint density at radius 2 is 2.27 bits per heavy atom. The van der Waals surface area contributed by atoms with Crippen molar-refractivity contribution in [3.63, 3.8) is 0 Å². The average Bonchev–Trinajstić information content (AvgIpc) is 2.74. The van der Waals surface area contributed by atoms with Gasteiger partial charge in [-0.25, -0.2) is 4.39 Å². The Balaban J connectivity index is 2.46. The smallest absolute Gasteiger partial charge is 0.130 e. The molecule has 0 saturated carbocycles. The third-order valence-electron chi connectivity index (χ3n) is 3.01. The number of ether oxygens (including phenoxy) is 1. The van der Waals surface area contributed by atoms with Gasteiger partial charge in [-0.05, 0) is 31.5 Å². The maximum absolute atomic E-state index is 13.8. The van der Waals surface area contributed by atoms with E-state index >= 15 is 0 Å². The fraction of sp³-hybridized carbons (Fsp3) is 0.500. The second kappa shape index (κ2) is 4.19. The summed E-state index contributed by atoms with van der Waals surface area (Å²) in [5, 5.41) is 3.25. The summed E-state index contributed by atoms with van der Waals surface area (Å²) in [6, 6.07) is 3.30. The van der Waals surface area contributed by atoms with E-state index in [1.807, 2.05) is 6.92 Å². The third-order valence-corrected chi connectivity index (χ3v) is 3.01. The molecule has 0 amide bonds. The summed E-state index contributed by atoms with van der Waals surface area (Å²) in [5.74, 6) is 0.815. The molecule has 1 fully saturated rings. The minimum absolute atomic E-state index is 0.147. The van der Waals surface area contributed by atoms with E-state index in [9.17, 15) is 4.39 Å². The van der Waals surface area contributed by atoms with E-state index in [0.717, 1.165) is 30.6 Å². The Hall–Kier alpha value is -1.09. The highest BCUT2D eigenvalue weighted by Crippen LogP contribution is 2.35. The first-order valence-electron chi connectivity index (χ1n) is 5.27. The molecule has 1 N–H and O–H groups in total. The number of halogens is 1. The molecule has 1 aromatic rings. The van der Waals surface area contributed by atoms with E-state index in [1.54, 1.807) is 13.2 Å². The Morgan fingerprint density at radius 1 is 1.47 bits per heavy atom. The molecule has 0 bridgehead atoms. The lowest BCUT2D eigenvalue weighted by Gasteiger charge is -2.16. The van der Waals surface area contributed by atoms with Gasteiger partial charge in [0.1, 0.15) is 11.6 Å². The molecule has 1 unspecified atom stereocenters. The van der Waals surface area contributed by atoms with Crippen molar-refractivity contribution >= 4 is 0 Å². The van der Waals surface area contributed by atoms with E-state index in [4.69, 9.17) is 4.74 Å². The van der Waals surface area contributed by atoms with Crippen molar-refractivity contribution in [1.82, 2.24) is 5.32 Å². The van der Waals surface area contributed by atoms with Crippen molar-refractivity contribution < 1.29 is 9.13 Å². The molecule has 3 heteroatoms. The van der Waals surface area contributed by atoms with Crippen LogP contribution in [-0.4, -0.2) is 20.2 Å². The molecule has 1 aromatic carbocycles. The van der Waals surface area contributed by atoms with Crippen LogP contribution in [-0.2, 0) is 0 Å². The Bertz CT molecular complexity index is 359. The van der Waals surface area contributed by atoms with Crippen LogP contribution >= 0.6 is 0 Å². The summed E-state index contributed by atoms with van der Waals surface area (Å²) >= 11 is 0. The molecule has 2 nitrogen and oxygen atoms in total. The molecule has 1 atom stereocenters. The fourth-order valence-corrected chi connectivity index (χ4v) is 2.24. The van der Waals surface area contributed by atoms with E-state index in [2.05, 4.69) is 5.32 Å². The molecule has 1 heterocycles. The lowest BCUT2D eigenvalue weighted by molar-refractivity contribution is 0.397. The zero-order chi connectivity index (χ0) is 10.8. The first kappa shape index (κ1) is 10.4. The van der Waals surface area contributed by atoms with Gasteiger partial charge in [0, 0.05) is 18.0 Å². The molecular formula is C12H16FNO. The summed E-state index contributed by atoms with van der Waals surface area (Å²) in [6.07, 6.45) is 0.983. The number of hydrogen-bond donors (Lipinski definition) is 1. The molecule has 0 radical (unpaired) electrons. The minimum atomic E-state index is -0.147. The molecule has 82 valence electrons. The van der Waals surface area contributed by atoms with Gasteiger partial charge in [0.15, 0.2) is 0 Å². The van der Waals surface area contributed by atoms with Crippen LogP contribution in [0.25, 0.3) is 0 Å². The highest BCUT2D eigenvalue weighted by Gasteiger charge is 2.24. The summed E-state index contributed by atoms with van der Waals surface area (Å²) in [6.45, 7) is 3.75. The molecule has 0 aromatic heterocycles. The van der Waals surface area contributed by atoms with Crippen LogP contribution in [0.4, 0.5) is 4.39 Å². The number of aryl methyl sites for hydroxylation is 1. The predicted molar refractivity (Wildman–Crippen MR) is 57.9 cm³/mol. The quantitative estimate of drug-likeness (QED) is 0.806. The van der Waals surface area contributed by atoms with Gasteiger partial charge in [-0.2, -0.15) is 0 Å². The van der Waals surface area contributed by atoms with E-state index in [0.29, 0.717) is 5.75 Å². The van der Waals surface area contributed by atoms with Gasteiger partial charge < -0.3 is 10.1 Å².